The highest BCUT2D eigenvalue weighted by atomic mass is 19.2. The predicted molar refractivity (Wildman–Crippen MR) is 86.8 cm³/mol. The van der Waals surface area contributed by atoms with Crippen molar-refractivity contribution in [2.75, 3.05) is 0 Å². The minimum absolute atomic E-state index is 0.663. The molecule has 0 nitrogen and oxygen atoms in total. The lowest BCUT2D eigenvalue weighted by atomic mass is 9.93. The van der Waals surface area contributed by atoms with E-state index in [1.54, 1.807) is 6.07 Å². The van der Waals surface area contributed by atoms with Crippen molar-refractivity contribution in [3.8, 4) is 11.1 Å². The van der Waals surface area contributed by atoms with E-state index in [9.17, 15) is 8.78 Å². The molecule has 3 rings (SSSR count). The summed E-state index contributed by atoms with van der Waals surface area (Å²) in [6, 6.07) is 12.4. The van der Waals surface area contributed by atoms with E-state index >= 15 is 0 Å². The maximum atomic E-state index is 13.3. The molecule has 1 saturated carbocycles. The molecule has 0 amide bonds. The molecule has 1 aliphatic rings. The molecular formula is C20H22F2. The van der Waals surface area contributed by atoms with Crippen LogP contribution in [-0.4, -0.2) is 0 Å². The molecule has 0 radical (unpaired) electrons. The summed E-state index contributed by atoms with van der Waals surface area (Å²) in [4.78, 5) is 0. The summed E-state index contributed by atoms with van der Waals surface area (Å²) in [6.07, 6.45) is 6.51. The van der Waals surface area contributed by atoms with Gasteiger partial charge in [0.1, 0.15) is 0 Å². The van der Waals surface area contributed by atoms with Gasteiger partial charge in [0.25, 0.3) is 0 Å². The Morgan fingerprint density at radius 1 is 0.909 bits per heavy atom. The van der Waals surface area contributed by atoms with Crippen molar-refractivity contribution < 1.29 is 8.78 Å². The first-order chi connectivity index (χ1) is 10.7. The normalized spacial score (nSPS) is 21.2. The molecule has 0 saturated heterocycles. The van der Waals surface area contributed by atoms with Crippen molar-refractivity contribution in [3.63, 3.8) is 0 Å². The summed E-state index contributed by atoms with van der Waals surface area (Å²) in [5.74, 6) is -0.0514. The molecule has 0 N–H and O–H groups in total. The van der Waals surface area contributed by atoms with E-state index < -0.39 is 11.6 Å². The van der Waals surface area contributed by atoms with Crippen LogP contribution >= 0.6 is 0 Å². The third kappa shape index (κ3) is 3.21. The zero-order valence-electron chi connectivity index (χ0n) is 13.0. The SMILES string of the molecule is CCCC1CCC(c2ccc(-c3ccc(F)c(F)c3)cc2)C1. The second-order valence-corrected chi connectivity index (χ2v) is 6.42. The zero-order chi connectivity index (χ0) is 15.5. The summed E-state index contributed by atoms with van der Waals surface area (Å²) in [7, 11) is 0. The van der Waals surface area contributed by atoms with Crippen LogP contribution in [0.15, 0.2) is 42.5 Å². The molecule has 2 atom stereocenters. The van der Waals surface area contributed by atoms with Crippen LogP contribution in [0.5, 0.6) is 0 Å². The van der Waals surface area contributed by atoms with Gasteiger partial charge in [-0.1, -0.05) is 50.1 Å². The average Bonchev–Trinajstić information content (AvgIpc) is 2.99. The zero-order valence-corrected chi connectivity index (χ0v) is 13.0. The van der Waals surface area contributed by atoms with Gasteiger partial charge in [0.15, 0.2) is 11.6 Å². The Balaban J connectivity index is 1.74. The largest absolute Gasteiger partial charge is 0.204 e. The van der Waals surface area contributed by atoms with Crippen molar-refractivity contribution in [2.45, 2.75) is 44.9 Å². The second kappa shape index (κ2) is 6.60. The van der Waals surface area contributed by atoms with Gasteiger partial charge < -0.3 is 0 Å². The average molecular weight is 300 g/mol. The maximum Gasteiger partial charge on any atom is 0.159 e. The van der Waals surface area contributed by atoms with E-state index in [0.29, 0.717) is 5.92 Å². The monoisotopic (exact) mass is 300 g/mol. The number of hydrogen-bond donors (Lipinski definition) is 0. The topological polar surface area (TPSA) is 0 Å². The van der Waals surface area contributed by atoms with E-state index in [2.05, 4.69) is 19.1 Å². The van der Waals surface area contributed by atoms with Crippen LogP contribution in [0.2, 0.25) is 0 Å². The fraction of sp³-hybridized carbons (Fsp3) is 0.400. The van der Waals surface area contributed by atoms with Crippen molar-refractivity contribution in [3.05, 3.63) is 59.7 Å². The molecule has 22 heavy (non-hydrogen) atoms. The van der Waals surface area contributed by atoms with Gasteiger partial charge in [0.05, 0.1) is 0 Å². The Morgan fingerprint density at radius 2 is 1.64 bits per heavy atom. The number of rotatable bonds is 4. The molecule has 1 fully saturated rings. The van der Waals surface area contributed by atoms with E-state index in [1.807, 2.05) is 12.1 Å². The summed E-state index contributed by atoms with van der Waals surface area (Å²) in [5, 5.41) is 0. The Hall–Kier alpha value is -1.70. The van der Waals surface area contributed by atoms with Crippen LogP contribution in [0.3, 0.4) is 0 Å². The lowest BCUT2D eigenvalue weighted by Crippen LogP contribution is -1.96. The van der Waals surface area contributed by atoms with Gasteiger partial charge in [-0.2, -0.15) is 0 Å². The van der Waals surface area contributed by atoms with Gasteiger partial charge in [0, 0.05) is 0 Å². The third-order valence-electron chi connectivity index (χ3n) is 4.87. The summed E-state index contributed by atoms with van der Waals surface area (Å²) < 4.78 is 26.3. The lowest BCUT2D eigenvalue weighted by molar-refractivity contribution is 0.489. The molecule has 116 valence electrons. The third-order valence-corrected chi connectivity index (χ3v) is 4.87. The molecule has 0 aliphatic heterocycles. The smallest absolute Gasteiger partial charge is 0.159 e. The summed E-state index contributed by atoms with van der Waals surface area (Å²) >= 11 is 0. The molecule has 0 heterocycles. The summed E-state index contributed by atoms with van der Waals surface area (Å²) in [6.45, 7) is 2.25. The molecule has 0 bridgehead atoms. The van der Waals surface area contributed by atoms with Crippen molar-refractivity contribution in [1.82, 2.24) is 0 Å². The molecular weight excluding hydrogens is 278 g/mol. The Kier molecular flexibility index (Phi) is 4.56. The molecule has 2 heteroatoms. The highest BCUT2D eigenvalue weighted by molar-refractivity contribution is 5.63. The van der Waals surface area contributed by atoms with Crippen LogP contribution in [-0.2, 0) is 0 Å². The Labute approximate surface area is 131 Å². The first kappa shape index (κ1) is 15.2. The minimum atomic E-state index is -0.798. The minimum Gasteiger partial charge on any atom is -0.204 e. The number of hydrogen-bond acceptors (Lipinski definition) is 0. The van der Waals surface area contributed by atoms with Crippen molar-refractivity contribution in [2.24, 2.45) is 5.92 Å². The number of halogens is 2. The Morgan fingerprint density at radius 3 is 2.32 bits per heavy atom. The summed E-state index contributed by atoms with van der Waals surface area (Å²) in [5.41, 5.74) is 3.04. The fourth-order valence-electron chi connectivity index (χ4n) is 3.67. The van der Waals surface area contributed by atoms with Crippen molar-refractivity contribution >= 4 is 0 Å². The van der Waals surface area contributed by atoms with Gasteiger partial charge in [-0.3, -0.25) is 0 Å². The van der Waals surface area contributed by atoms with Crippen LogP contribution in [0.1, 0.15) is 50.5 Å². The second-order valence-electron chi connectivity index (χ2n) is 6.42. The standard InChI is InChI=1S/C20H22F2/c1-2-3-14-4-5-17(12-14)15-6-8-16(9-7-15)18-10-11-19(21)20(22)13-18/h6-11,13-14,17H,2-5,12H2,1H3. The van der Waals surface area contributed by atoms with E-state index in [0.717, 1.165) is 17.0 Å². The van der Waals surface area contributed by atoms with Crippen LogP contribution < -0.4 is 0 Å². The molecule has 1 aliphatic carbocycles. The van der Waals surface area contributed by atoms with Crippen LogP contribution in [0.25, 0.3) is 11.1 Å². The molecule has 2 aromatic rings. The van der Waals surface area contributed by atoms with Gasteiger partial charge in [-0.15, -0.1) is 0 Å². The van der Waals surface area contributed by atoms with Gasteiger partial charge >= 0.3 is 0 Å². The first-order valence-electron chi connectivity index (χ1n) is 8.22. The highest BCUT2D eigenvalue weighted by Gasteiger charge is 2.24. The van der Waals surface area contributed by atoms with E-state index in [-0.39, 0.29) is 0 Å². The molecule has 0 aromatic heterocycles. The molecule has 2 unspecified atom stereocenters. The quantitative estimate of drug-likeness (QED) is 0.620. The van der Waals surface area contributed by atoms with Gasteiger partial charge in [0.2, 0.25) is 0 Å². The maximum absolute atomic E-state index is 13.3. The van der Waals surface area contributed by atoms with Crippen LogP contribution in [0, 0.1) is 17.6 Å². The van der Waals surface area contributed by atoms with Crippen LogP contribution in [0.4, 0.5) is 8.78 Å². The first-order valence-corrected chi connectivity index (χ1v) is 8.22. The predicted octanol–water partition coefficient (Wildman–Crippen LogP) is 6.32. The highest BCUT2D eigenvalue weighted by Crippen LogP contribution is 2.40. The fourth-order valence-corrected chi connectivity index (χ4v) is 3.67. The van der Waals surface area contributed by atoms with E-state index in [4.69, 9.17) is 0 Å². The van der Waals surface area contributed by atoms with Crippen molar-refractivity contribution in [1.29, 1.82) is 0 Å². The van der Waals surface area contributed by atoms with E-state index in [1.165, 1.54) is 49.8 Å². The number of benzene rings is 2. The molecule has 2 aromatic carbocycles. The van der Waals surface area contributed by atoms with Gasteiger partial charge in [-0.25, -0.2) is 8.78 Å². The Bertz CT molecular complexity index is 631. The molecule has 0 spiro atoms. The van der Waals surface area contributed by atoms with Gasteiger partial charge in [-0.05, 0) is 59.9 Å². The lowest BCUT2D eigenvalue weighted by Gasteiger charge is -2.12.